The first-order valence-electron chi connectivity index (χ1n) is 13.8. The van der Waals surface area contributed by atoms with Crippen LogP contribution in [0.2, 0.25) is 0 Å². The molecule has 1 saturated heterocycles. The Kier molecular flexibility index (Phi) is 8.82. The van der Waals surface area contributed by atoms with Crippen molar-refractivity contribution in [2.45, 2.75) is 31.7 Å². The van der Waals surface area contributed by atoms with E-state index in [1.807, 2.05) is 36.8 Å². The highest BCUT2D eigenvalue weighted by molar-refractivity contribution is 5.78. The molecule has 0 saturated carbocycles. The number of carbonyl (C=O) groups excluding carboxylic acids is 1. The van der Waals surface area contributed by atoms with Crippen LogP contribution in [0.25, 0.3) is 0 Å². The molecule has 1 atom stereocenters. The van der Waals surface area contributed by atoms with Gasteiger partial charge in [-0.2, -0.15) is 5.26 Å². The second-order valence-electron chi connectivity index (χ2n) is 10.3. The summed E-state index contributed by atoms with van der Waals surface area (Å²) in [4.78, 5) is 19.9. The van der Waals surface area contributed by atoms with Crippen LogP contribution in [0, 0.1) is 17.2 Å². The van der Waals surface area contributed by atoms with Crippen molar-refractivity contribution in [1.82, 2.24) is 19.8 Å². The third-order valence-electron chi connectivity index (χ3n) is 7.64. The average molecular weight is 518 g/mol. The summed E-state index contributed by atoms with van der Waals surface area (Å²) < 4.78 is 2.09. The van der Waals surface area contributed by atoms with Crippen molar-refractivity contribution in [2.24, 2.45) is 5.92 Å². The number of hydrogen-bond donors (Lipinski definition) is 1. The first kappa shape index (κ1) is 26.4. The molecule has 1 aliphatic rings. The van der Waals surface area contributed by atoms with E-state index in [1.165, 1.54) is 11.1 Å². The van der Waals surface area contributed by atoms with Gasteiger partial charge in [-0.25, -0.2) is 4.98 Å². The molecule has 0 unspecified atom stereocenters. The number of nitriles is 1. The number of imidazole rings is 1. The fourth-order valence-corrected chi connectivity index (χ4v) is 5.51. The predicted molar refractivity (Wildman–Crippen MR) is 153 cm³/mol. The zero-order chi connectivity index (χ0) is 26.9. The highest BCUT2D eigenvalue weighted by Gasteiger charge is 2.28. The Morgan fingerprint density at radius 1 is 1.00 bits per heavy atom. The molecule has 198 valence electrons. The number of nitrogens with one attached hydrogen (secondary N) is 1. The van der Waals surface area contributed by atoms with E-state index in [0.717, 1.165) is 50.2 Å². The molecular weight excluding hydrogens is 482 g/mol. The predicted octanol–water partition coefficient (Wildman–Crippen LogP) is 5.01. The fourth-order valence-electron chi connectivity index (χ4n) is 5.51. The van der Waals surface area contributed by atoms with Crippen LogP contribution < -0.4 is 5.32 Å². The summed E-state index contributed by atoms with van der Waals surface area (Å²) >= 11 is 0. The average Bonchev–Trinajstić information content (AvgIpc) is 3.44. The summed E-state index contributed by atoms with van der Waals surface area (Å²) in [5, 5.41) is 12.2. The van der Waals surface area contributed by atoms with Crippen molar-refractivity contribution in [3.05, 3.63) is 125 Å². The Labute approximate surface area is 230 Å². The highest BCUT2D eigenvalue weighted by Crippen LogP contribution is 2.28. The summed E-state index contributed by atoms with van der Waals surface area (Å²) in [5.41, 5.74) is 5.50. The summed E-state index contributed by atoms with van der Waals surface area (Å²) in [6.45, 7) is 3.97. The molecule has 2 heterocycles. The van der Waals surface area contributed by atoms with E-state index >= 15 is 0 Å². The lowest BCUT2D eigenvalue weighted by molar-refractivity contribution is -0.126. The SMILES string of the molecule is N#Cc1ccc(Cc2cncn2CCNC(=O)[C@H]2CCCN(CC(c3ccccc3)c3ccccc3)C2)cc1. The minimum Gasteiger partial charge on any atom is -0.354 e. The maximum atomic E-state index is 13.1. The van der Waals surface area contributed by atoms with Gasteiger partial charge in [0.25, 0.3) is 0 Å². The van der Waals surface area contributed by atoms with Gasteiger partial charge in [-0.1, -0.05) is 72.8 Å². The molecule has 0 bridgehead atoms. The molecule has 6 nitrogen and oxygen atoms in total. The van der Waals surface area contributed by atoms with Crippen LogP contribution in [0.3, 0.4) is 0 Å². The Bertz CT molecular complexity index is 1340. The Hall–Kier alpha value is -4.21. The van der Waals surface area contributed by atoms with Crippen molar-refractivity contribution < 1.29 is 4.79 Å². The fraction of sp³-hybridized carbons (Fsp3) is 0.303. The van der Waals surface area contributed by atoms with Gasteiger partial charge in [0.2, 0.25) is 5.91 Å². The molecule has 39 heavy (non-hydrogen) atoms. The number of likely N-dealkylation sites (tertiary alicyclic amines) is 1. The number of piperidine rings is 1. The molecule has 1 fully saturated rings. The van der Waals surface area contributed by atoms with Gasteiger partial charge in [0, 0.05) is 50.4 Å². The summed E-state index contributed by atoms with van der Waals surface area (Å²) in [5.74, 6) is 0.432. The second-order valence-corrected chi connectivity index (χ2v) is 10.3. The lowest BCUT2D eigenvalue weighted by Crippen LogP contribution is -2.44. The van der Waals surface area contributed by atoms with Crippen molar-refractivity contribution >= 4 is 5.91 Å². The normalized spacial score (nSPS) is 15.6. The van der Waals surface area contributed by atoms with Crippen molar-refractivity contribution in [2.75, 3.05) is 26.2 Å². The zero-order valence-corrected chi connectivity index (χ0v) is 22.2. The lowest BCUT2D eigenvalue weighted by Gasteiger charge is -2.34. The van der Waals surface area contributed by atoms with Crippen LogP contribution in [-0.2, 0) is 17.8 Å². The van der Waals surface area contributed by atoms with Gasteiger partial charge in [0.05, 0.1) is 23.9 Å². The number of benzene rings is 3. The molecule has 3 aromatic carbocycles. The molecule has 1 aliphatic heterocycles. The molecule has 6 heteroatoms. The Morgan fingerprint density at radius 2 is 1.69 bits per heavy atom. The molecule has 1 N–H and O–H groups in total. The molecule has 0 aliphatic carbocycles. The topological polar surface area (TPSA) is 74.0 Å². The quantitative estimate of drug-likeness (QED) is 0.321. The van der Waals surface area contributed by atoms with Gasteiger partial charge in [-0.15, -0.1) is 0 Å². The van der Waals surface area contributed by atoms with E-state index < -0.39 is 0 Å². The maximum Gasteiger partial charge on any atom is 0.224 e. The molecule has 0 spiro atoms. The van der Waals surface area contributed by atoms with Gasteiger partial charge in [-0.05, 0) is 48.2 Å². The van der Waals surface area contributed by atoms with Crippen LogP contribution in [0.15, 0.2) is 97.5 Å². The summed E-state index contributed by atoms with van der Waals surface area (Å²) in [6.07, 6.45) is 6.39. The lowest BCUT2D eigenvalue weighted by atomic mass is 9.89. The maximum absolute atomic E-state index is 13.1. The number of carbonyl (C=O) groups is 1. The standard InChI is InChI=1S/C33H35N5O/c34-21-27-15-13-26(14-16-27)20-31-22-35-25-38(31)19-17-36-33(39)30-12-7-18-37(23-30)24-32(28-8-3-1-4-9-28)29-10-5-2-6-11-29/h1-6,8-11,13-16,22,25,30,32H,7,12,17-20,23-24H2,(H,36,39)/t30-/m0/s1. The number of amides is 1. The van der Waals surface area contributed by atoms with Crippen molar-refractivity contribution in [3.8, 4) is 6.07 Å². The minimum atomic E-state index is 0.00635. The third-order valence-corrected chi connectivity index (χ3v) is 7.64. The summed E-state index contributed by atoms with van der Waals surface area (Å²) in [7, 11) is 0. The molecule has 5 rings (SSSR count). The smallest absolute Gasteiger partial charge is 0.224 e. The van der Waals surface area contributed by atoms with Gasteiger partial charge >= 0.3 is 0 Å². The first-order chi connectivity index (χ1) is 19.2. The van der Waals surface area contributed by atoms with E-state index in [4.69, 9.17) is 5.26 Å². The Morgan fingerprint density at radius 3 is 2.36 bits per heavy atom. The van der Waals surface area contributed by atoms with Crippen molar-refractivity contribution in [1.29, 1.82) is 5.26 Å². The number of hydrogen-bond acceptors (Lipinski definition) is 4. The van der Waals surface area contributed by atoms with Gasteiger partial charge < -0.3 is 14.8 Å². The largest absolute Gasteiger partial charge is 0.354 e. The van der Waals surface area contributed by atoms with E-state index in [1.54, 1.807) is 0 Å². The van der Waals surface area contributed by atoms with Gasteiger partial charge in [-0.3, -0.25) is 4.79 Å². The molecule has 1 aromatic heterocycles. The molecular formula is C33H35N5O. The van der Waals surface area contributed by atoms with Crippen LogP contribution in [0.5, 0.6) is 0 Å². The van der Waals surface area contributed by atoms with E-state index in [9.17, 15) is 4.79 Å². The summed E-state index contributed by atoms with van der Waals surface area (Å²) in [6, 6.07) is 31.2. The van der Waals surface area contributed by atoms with Gasteiger partial charge in [0.15, 0.2) is 0 Å². The third kappa shape index (κ3) is 7.01. The molecule has 0 radical (unpaired) electrons. The van der Waals surface area contributed by atoms with Gasteiger partial charge in [0.1, 0.15) is 0 Å². The number of rotatable bonds is 10. The highest BCUT2D eigenvalue weighted by atomic mass is 16.1. The Balaban J connectivity index is 1.15. The molecule has 4 aromatic rings. The van der Waals surface area contributed by atoms with Crippen LogP contribution in [0.4, 0.5) is 0 Å². The van der Waals surface area contributed by atoms with E-state index in [2.05, 4.69) is 86.5 Å². The van der Waals surface area contributed by atoms with E-state index in [-0.39, 0.29) is 17.7 Å². The number of aromatic nitrogens is 2. The molecule has 1 amide bonds. The monoisotopic (exact) mass is 517 g/mol. The van der Waals surface area contributed by atoms with E-state index in [0.29, 0.717) is 18.7 Å². The second kappa shape index (κ2) is 13.0. The van der Waals surface area contributed by atoms with Crippen LogP contribution >= 0.6 is 0 Å². The zero-order valence-electron chi connectivity index (χ0n) is 22.2. The minimum absolute atomic E-state index is 0.00635. The number of nitrogens with zero attached hydrogens (tertiary/aromatic N) is 4. The first-order valence-corrected chi connectivity index (χ1v) is 13.8. The van der Waals surface area contributed by atoms with Crippen LogP contribution in [-0.4, -0.2) is 46.5 Å². The van der Waals surface area contributed by atoms with Crippen LogP contribution in [0.1, 0.15) is 46.7 Å². The van der Waals surface area contributed by atoms with Crippen molar-refractivity contribution in [3.63, 3.8) is 0 Å².